The zero-order chi connectivity index (χ0) is 18.0. The second-order valence-corrected chi connectivity index (χ2v) is 7.49. The molecular formula is C22H23NO2. The fraction of sp³-hybridized carbons (Fsp3) is 0.273. The molecule has 0 aliphatic heterocycles. The van der Waals surface area contributed by atoms with Gasteiger partial charge in [0.05, 0.1) is 0 Å². The first-order chi connectivity index (χ1) is 11.8. The van der Waals surface area contributed by atoms with Gasteiger partial charge in [-0.15, -0.1) is 0 Å². The topological polar surface area (TPSA) is 46.2 Å². The van der Waals surface area contributed by atoms with Crippen LogP contribution in [0.25, 0.3) is 6.08 Å². The Bertz CT molecular complexity index is 839. The zero-order valence-electron chi connectivity index (χ0n) is 14.9. The number of ketones is 1. The molecule has 1 N–H and O–H groups in total. The lowest BCUT2D eigenvalue weighted by atomic mass is 9.87. The second kappa shape index (κ2) is 6.67. The van der Waals surface area contributed by atoms with Gasteiger partial charge in [0.1, 0.15) is 0 Å². The summed E-state index contributed by atoms with van der Waals surface area (Å²) in [6.07, 6.45) is 4.66. The maximum atomic E-state index is 12.1. The molecule has 1 aliphatic rings. The van der Waals surface area contributed by atoms with E-state index in [1.54, 1.807) is 18.2 Å². The molecule has 0 atom stereocenters. The molecule has 0 bridgehead atoms. The Morgan fingerprint density at radius 1 is 1.04 bits per heavy atom. The summed E-state index contributed by atoms with van der Waals surface area (Å²) in [6, 6.07) is 13.7. The molecule has 0 unspecified atom stereocenters. The summed E-state index contributed by atoms with van der Waals surface area (Å²) in [4.78, 5) is 23.8. The first kappa shape index (κ1) is 17.2. The molecule has 3 heteroatoms. The molecule has 0 aromatic heterocycles. The molecule has 2 aromatic rings. The van der Waals surface area contributed by atoms with E-state index in [4.69, 9.17) is 0 Å². The minimum atomic E-state index is -0.177. The number of nitrogens with one attached hydrogen (secondary N) is 1. The Balaban J connectivity index is 1.64. The number of hydrogen-bond acceptors (Lipinski definition) is 2. The van der Waals surface area contributed by atoms with Crippen molar-refractivity contribution in [2.45, 2.75) is 39.0 Å². The summed E-state index contributed by atoms with van der Waals surface area (Å²) in [5.41, 5.74) is 4.90. The highest BCUT2D eigenvalue weighted by molar-refractivity contribution is 6.04. The molecular weight excluding hydrogens is 310 g/mol. The van der Waals surface area contributed by atoms with Gasteiger partial charge < -0.3 is 5.32 Å². The van der Waals surface area contributed by atoms with Crippen LogP contribution in [0.3, 0.4) is 0 Å². The summed E-state index contributed by atoms with van der Waals surface area (Å²) in [7, 11) is 0. The molecule has 0 spiro atoms. The van der Waals surface area contributed by atoms with Crippen molar-refractivity contribution in [2.24, 2.45) is 0 Å². The molecule has 0 radical (unpaired) electrons. The number of anilines is 1. The lowest BCUT2D eigenvalue weighted by Crippen LogP contribution is -2.10. The number of benzene rings is 2. The van der Waals surface area contributed by atoms with E-state index in [9.17, 15) is 9.59 Å². The van der Waals surface area contributed by atoms with Gasteiger partial charge in [0, 0.05) is 23.7 Å². The minimum absolute atomic E-state index is 0.120. The van der Waals surface area contributed by atoms with E-state index in [1.165, 1.54) is 11.6 Å². The van der Waals surface area contributed by atoms with E-state index < -0.39 is 0 Å². The van der Waals surface area contributed by atoms with Crippen LogP contribution >= 0.6 is 0 Å². The lowest BCUT2D eigenvalue weighted by molar-refractivity contribution is -0.111. The summed E-state index contributed by atoms with van der Waals surface area (Å²) < 4.78 is 0. The number of carbonyl (C=O) groups excluding carboxylic acids is 2. The highest BCUT2D eigenvalue weighted by Gasteiger charge is 2.19. The summed E-state index contributed by atoms with van der Waals surface area (Å²) in [6.45, 7) is 6.53. The van der Waals surface area contributed by atoms with Crippen molar-refractivity contribution < 1.29 is 9.59 Å². The van der Waals surface area contributed by atoms with Crippen LogP contribution in [0.15, 0.2) is 48.5 Å². The summed E-state index contributed by atoms with van der Waals surface area (Å²) in [5.74, 6) is 0.00986. The molecule has 0 heterocycles. The Morgan fingerprint density at radius 2 is 1.76 bits per heavy atom. The van der Waals surface area contributed by atoms with Gasteiger partial charge in [-0.3, -0.25) is 9.59 Å². The van der Waals surface area contributed by atoms with Crippen molar-refractivity contribution >= 4 is 23.5 Å². The Labute approximate surface area is 148 Å². The van der Waals surface area contributed by atoms with E-state index in [1.807, 2.05) is 18.2 Å². The molecule has 3 rings (SSSR count). The first-order valence-electron chi connectivity index (χ1n) is 8.59. The van der Waals surface area contributed by atoms with Crippen molar-refractivity contribution in [3.63, 3.8) is 0 Å². The van der Waals surface area contributed by atoms with Gasteiger partial charge >= 0.3 is 0 Å². The third-order valence-electron chi connectivity index (χ3n) is 4.50. The number of hydrogen-bond donors (Lipinski definition) is 1. The van der Waals surface area contributed by atoms with E-state index in [-0.39, 0.29) is 17.1 Å². The van der Waals surface area contributed by atoms with Crippen molar-refractivity contribution in [2.75, 3.05) is 5.32 Å². The highest BCUT2D eigenvalue weighted by atomic mass is 16.1. The molecule has 3 nitrogen and oxygen atoms in total. The molecule has 128 valence electrons. The van der Waals surface area contributed by atoms with E-state index >= 15 is 0 Å². The number of carbonyl (C=O) groups is 2. The van der Waals surface area contributed by atoms with Gasteiger partial charge in [0.2, 0.25) is 5.91 Å². The van der Waals surface area contributed by atoms with Crippen molar-refractivity contribution in [3.05, 3.63) is 70.8 Å². The largest absolute Gasteiger partial charge is 0.323 e. The van der Waals surface area contributed by atoms with Gasteiger partial charge in [-0.25, -0.2) is 0 Å². The molecule has 1 aliphatic carbocycles. The van der Waals surface area contributed by atoms with Crippen LogP contribution in [0.2, 0.25) is 0 Å². The van der Waals surface area contributed by atoms with Crippen LogP contribution in [0.1, 0.15) is 54.2 Å². The first-order valence-corrected chi connectivity index (χ1v) is 8.59. The lowest BCUT2D eigenvalue weighted by Gasteiger charge is -2.18. The number of amides is 1. The monoisotopic (exact) mass is 333 g/mol. The van der Waals surface area contributed by atoms with Crippen LogP contribution in [0.5, 0.6) is 0 Å². The van der Waals surface area contributed by atoms with Crippen LogP contribution in [0, 0.1) is 0 Å². The Kier molecular flexibility index (Phi) is 4.58. The normalized spacial score (nSPS) is 14.0. The van der Waals surface area contributed by atoms with Gasteiger partial charge in [0.25, 0.3) is 0 Å². The van der Waals surface area contributed by atoms with Crippen molar-refractivity contribution in [3.8, 4) is 0 Å². The highest BCUT2D eigenvalue weighted by Crippen LogP contribution is 2.25. The van der Waals surface area contributed by atoms with Crippen LogP contribution in [0.4, 0.5) is 5.69 Å². The smallest absolute Gasteiger partial charge is 0.248 e. The van der Waals surface area contributed by atoms with Gasteiger partial charge in [0.15, 0.2) is 5.78 Å². The van der Waals surface area contributed by atoms with Crippen LogP contribution in [-0.4, -0.2) is 11.7 Å². The second-order valence-electron chi connectivity index (χ2n) is 7.49. The summed E-state index contributed by atoms with van der Waals surface area (Å²) in [5, 5.41) is 2.86. The Morgan fingerprint density at radius 3 is 2.44 bits per heavy atom. The van der Waals surface area contributed by atoms with E-state index in [0.717, 1.165) is 28.8 Å². The average molecular weight is 333 g/mol. The third-order valence-corrected chi connectivity index (χ3v) is 4.50. The number of fused-ring (bicyclic) bond motifs is 1. The van der Waals surface area contributed by atoms with Crippen molar-refractivity contribution in [1.82, 2.24) is 0 Å². The molecule has 0 saturated heterocycles. The molecule has 2 aromatic carbocycles. The van der Waals surface area contributed by atoms with Crippen LogP contribution < -0.4 is 5.32 Å². The van der Waals surface area contributed by atoms with Gasteiger partial charge in [-0.1, -0.05) is 45.0 Å². The fourth-order valence-electron chi connectivity index (χ4n) is 2.98. The number of rotatable bonds is 3. The molecule has 0 fully saturated rings. The maximum Gasteiger partial charge on any atom is 0.248 e. The predicted molar refractivity (Wildman–Crippen MR) is 102 cm³/mol. The van der Waals surface area contributed by atoms with Gasteiger partial charge in [-0.05, 0) is 52.8 Å². The van der Waals surface area contributed by atoms with Crippen LogP contribution in [-0.2, 0) is 16.6 Å². The average Bonchev–Trinajstić information content (AvgIpc) is 2.93. The SMILES string of the molecule is CC(C)(C)c1ccc(/C=C/C(=O)Nc2ccc3c(c2)CCC3=O)cc1. The van der Waals surface area contributed by atoms with Gasteiger partial charge in [-0.2, -0.15) is 0 Å². The van der Waals surface area contributed by atoms with E-state index in [2.05, 4.69) is 38.2 Å². The van der Waals surface area contributed by atoms with Crippen molar-refractivity contribution in [1.29, 1.82) is 0 Å². The minimum Gasteiger partial charge on any atom is -0.323 e. The third kappa shape index (κ3) is 4.05. The predicted octanol–water partition coefficient (Wildman–Crippen LogP) is 4.76. The standard InChI is InChI=1S/C22H23NO2/c1-22(2,3)17-8-4-15(5-9-17)6-13-21(25)23-18-10-11-19-16(14-18)7-12-20(19)24/h4-6,8-11,13-14H,7,12H2,1-3H3,(H,23,25)/b13-6+. The Hall–Kier alpha value is -2.68. The quantitative estimate of drug-likeness (QED) is 0.823. The molecule has 0 saturated carbocycles. The maximum absolute atomic E-state index is 12.1. The number of aryl methyl sites for hydroxylation is 1. The number of Topliss-reactive ketones (excluding diaryl/α,β-unsaturated/α-hetero) is 1. The van der Waals surface area contributed by atoms with E-state index in [0.29, 0.717) is 6.42 Å². The zero-order valence-corrected chi connectivity index (χ0v) is 14.9. The fourth-order valence-corrected chi connectivity index (χ4v) is 2.98. The molecule has 25 heavy (non-hydrogen) atoms. The molecule has 1 amide bonds. The summed E-state index contributed by atoms with van der Waals surface area (Å²) >= 11 is 0.